The number of aryl methyl sites for hydroxylation is 1. The molecule has 2 aromatic heterocycles. The first kappa shape index (κ1) is 21.0. The minimum atomic E-state index is -3.76. The quantitative estimate of drug-likeness (QED) is 0.304. The molecule has 0 bridgehead atoms. The van der Waals surface area contributed by atoms with E-state index in [9.17, 15) is 8.42 Å². The predicted molar refractivity (Wildman–Crippen MR) is 140 cm³/mol. The largest absolute Gasteiger partial charge is 0.294 e. The second-order valence-corrected chi connectivity index (χ2v) is 10.7. The maximum Gasteiger partial charge on any atom is 0.210 e. The number of sulfone groups is 1. The standard InChI is InChI=1S/C29H20N4O2S/c1-2-26-30-22-16-19(17-25-29(22)33(26)23-14-8-9-15-24(23)36(25,34)35)28-27(18-10-4-3-5-11-18)31-20-12-6-7-13-21(20)32-28/h3-17H,2H2,1H3. The zero-order valence-corrected chi connectivity index (χ0v) is 20.2. The molecular weight excluding hydrogens is 468 g/mol. The van der Waals surface area contributed by atoms with E-state index in [-0.39, 0.29) is 9.79 Å². The maximum atomic E-state index is 13.9. The summed E-state index contributed by atoms with van der Waals surface area (Å²) in [5, 5.41) is 0. The molecule has 6 nitrogen and oxygen atoms in total. The third kappa shape index (κ3) is 2.90. The molecule has 0 N–H and O–H groups in total. The molecule has 1 aliphatic heterocycles. The first-order valence-corrected chi connectivity index (χ1v) is 13.3. The molecule has 0 radical (unpaired) electrons. The van der Waals surface area contributed by atoms with Gasteiger partial charge in [0.15, 0.2) is 0 Å². The summed E-state index contributed by atoms with van der Waals surface area (Å²) in [7, 11) is -3.76. The Bertz CT molecular complexity index is 1940. The summed E-state index contributed by atoms with van der Waals surface area (Å²) in [5.41, 5.74) is 6.32. The van der Waals surface area contributed by atoms with Crippen molar-refractivity contribution in [3.8, 4) is 28.2 Å². The van der Waals surface area contributed by atoms with E-state index in [1.165, 1.54) is 0 Å². The molecule has 0 aliphatic carbocycles. The Morgan fingerprint density at radius 2 is 1.31 bits per heavy atom. The number of imidazole rings is 1. The van der Waals surface area contributed by atoms with Gasteiger partial charge in [0.05, 0.1) is 48.9 Å². The maximum absolute atomic E-state index is 13.9. The molecule has 0 saturated heterocycles. The number of para-hydroxylation sites is 3. The fourth-order valence-electron chi connectivity index (χ4n) is 5.05. The lowest BCUT2D eigenvalue weighted by molar-refractivity contribution is 0.594. The molecule has 4 aromatic carbocycles. The fourth-order valence-corrected chi connectivity index (χ4v) is 6.71. The molecule has 0 fully saturated rings. The van der Waals surface area contributed by atoms with Gasteiger partial charge in [-0.1, -0.05) is 61.5 Å². The van der Waals surface area contributed by atoms with E-state index < -0.39 is 9.84 Å². The highest BCUT2D eigenvalue weighted by Gasteiger charge is 2.34. The highest BCUT2D eigenvalue weighted by atomic mass is 32.2. The number of aromatic nitrogens is 4. The molecular formula is C29H20N4O2S. The molecule has 0 atom stereocenters. The van der Waals surface area contributed by atoms with Crippen LogP contribution in [-0.4, -0.2) is 27.9 Å². The number of hydrogen-bond donors (Lipinski definition) is 0. The molecule has 36 heavy (non-hydrogen) atoms. The van der Waals surface area contributed by atoms with Crippen molar-refractivity contribution in [3.05, 3.63) is 96.8 Å². The van der Waals surface area contributed by atoms with Gasteiger partial charge in [-0.05, 0) is 36.4 Å². The Balaban J connectivity index is 1.60. The molecule has 1 aliphatic rings. The van der Waals surface area contributed by atoms with Gasteiger partial charge < -0.3 is 0 Å². The summed E-state index contributed by atoms with van der Waals surface area (Å²) in [4.78, 5) is 15.3. The van der Waals surface area contributed by atoms with Crippen LogP contribution in [0.1, 0.15) is 12.7 Å². The van der Waals surface area contributed by atoms with Gasteiger partial charge in [0, 0.05) is 17.5 Å². The number of rotatable bonds is 3. The summed E-state index contributed by atoms with van der Waals surface area (Å²) in [5.74, 6) is 0.818. The van der Waals surface area contributed by atoms with Crippen LogP contribution in [-0.2, 0) is 16.3 Å². The van der Waals surface area contributed by atoms with Gasteiger partial charge in [-0.25, -0.2) is 23.4 Å². The Morgan fingerprint density at radius 3 is 2.03 bits per heavy atom. The fraction of sp³-hybridized carbons (Fsp3) is 0.0690. The van der Waals surface area contributed by atoms with Crippen molar-refractivity contribution in [3.63, 3.8) is 0 Å². The SMILES string of the molecule is CCc1nc2cc(-c3nc4ccccc4nc3-c3ccccc3)cc3c2n1-c1ccccc1S3(=O)=O. The van der Waals surface area contributed by atoms with Gasteiger partial charge in [0.1, 0.15) is 5.82 Å². The van der Waals surface area contributed by atoms with Gasteiger partial charge in [0.2, 0.25) is 9.84 Å². The molecule has 0 amide bonds. The molecule has 0 saturated carbocycles. The Labute approximate surface area is 207 Å². The molecule has 6 aromatic rings. The van der Waals surface area contributed by atoms with Crippen LogP contribution in [0.5, 0.6) is 0 Å². The van der Waals surface area contributed by atoms with E-state index >= 15 is 0 Å². The normalized spacial score (nSPS) is 13.7. The Hall–Kier alpha value is -4.36. The van der Waals surface area contributed by atoms with Gasteiger partial charge >= 0.3 is 0 Å². The van der Waals surface area contributed by atoms with Crippen molar-refractivity contribution in [2.75, 3.05) is 0 Å². The highest BCUT2D eigenvalue weighted by Crippen LogP contribution is 2.42. The summed E-state index contributed by atoms with van der Waals surface area (Å²) in [6.45, 7) is 2.03. The van der Waals surface area contributed by atoms with Crippen LogP contribution in [0.2, 0.25) is 0 Å². The van der Waals surface area contributed by atoms with Crippen molar-refractivity contribution in [2.24, 2.45) is 0 Å². The second kappa shape index (κ2) is 7.57. The van der Waals surface area contributed by atoms with Crippen molar-refractivity contribution in [1.82, 2.24) is 19.5 Å². The molecule has 174 valence electrons. The molecule has 3 heterocycles. The smallest absolute Gasteiger partial charge is 0.210 e. The minimum Gasteiger partial charge on any atom is -0.294 e. The lowest BCUT2D eigenvalue weighted by Gasteiger charge is -2.21. The molecule has 0 unspecified atom stereocenters. The Kier molecular flexibility index (Phi) is 4.41. The minimum absolute atomic E-state index is 0.245. The molecule has 0 spiro atoms. The lowest BCUT2D eigenvalue weighted by atomic mass is 10.0. The van der Waals surface area contributed by atoms with E-state index in [2.05, 4.69) is 0 Å². The number of fused-ring (bicyclic) bond motifs is 3. The first-order valence-electron chi connectivity index (χ1n) is 11.8. The van der Waals surface area contributed by atoms with Crippen LogP contribution < -0.4 is 0 Å². The highest BCUT2D eigenvalue weighted by molar-refractivity contribution is 7.92. The average molecular weight is 489 g/mol. The topological polar surface area (TPSA) is 77.7 Å². The third-order valence-corrected chi connectivity index (χ3v) is 8.49. The van der Waals surface area contributed by atoms with Crippen molar-refractivity contribution in [1.29, 1.82) is 0 Å². The first-order chi connectivity index (χ1) is 17.6. The van der Waals surface area contributed by atoms with E-state index in [0.717, 1.165) is 22.4 Å². The Morgan fingerprint density at radius 1 is 0.667 bits per heavy atom. The van der Waals surface area contributed by atoms with E-state index in [1.54, 1.807) is 18.2 Å². The van der Waals surface area contributed by atoms with Crippen LogP contribution in [0.25, 0.3) is 50.3 Å². The van der Waals surface area contributed by atoms with E-state index in [4.69, 9.17) is 15.0 Å². The van der Waals surface area contributed by atoms with Crippen molar-refractivity contribution in [2.45, 2.75) is 23.1 Å². The van der Waals surface area contributed by atoms with Gasteiger partial charge in [0.25, 0.3) is 0 Å². The number of hydrogen-bond acceptors (Lipinski definition) is 5. The molecule has 7 heteroatoms. The summed E-state index contributed by atoms with van der Waals surface area (Å²) in [6.07, 6.45) is 0.670. The lowest BCUT2D eigenvalue weighted by Crippen LogP contribution is -2.15. The van der Waals surface area contributed by atoms with Crippen molar-refractivity contribution < 1.29 is 8.42 Å². The summed E-state index contributed by atoms with van der Waals surface area (Å²) < 4.78 is 29.7. The predicted octanol–water partition coefficient (Wildman–Crippen LogP) is 6.01. The zero-order chi connectivity index (χ0) is 24.4. The van der Waals surface area contributed by atoms with Gasteiger partial charge in [-0.3, -0.25) is 4.57 Å². The van der Waals surface area contributed by atoms with E-state index in [0.29, 0.717) is 40.1 Å². The van der Waals surface area contributed by atoms with E-state index in [1.807, 2.05) is 84.3 Å². The summed E-state index contributed by atoms with van der Waals surface area (Å²) in [6, 6.07) is 28.3. The third-order valence-electron chi connectivity index (χ3n) is 6.68. The van der Waals surface area contributed by atoms with Crippen LogP contribution in [0, 0.1) is 0 Å². The average Bonchev–Trinajstić information content (AvgIpc) is 3.30. The second-order valence-electron chi connectivity index (χ2n) is 8.81. The van der Waals surface area contributed by atoms with Crippen molar-refractivity contribution >= 4 is 31.9 Å². The number of benzene rings is 4. The summed E-state index contributed by atoms with van der Waals surface area (Å²) >= 11 is 0. The zero-order valence-electron chi connectivity index (χ0n) is 19.4. The van der Waals surface area contributed by atoms with Crippen LogP contribution in [0.4, 0.5) is 0 Å². The van der Waals surface area contributed by atoms with Crippen LogP contribution >= 0.6 is 0 Å². The monoisotopic (exact) mass is 488 g/mol. The van der Waals surface area contributed by atoms with Gasteiger partial charge in [-0.15, -0.1) is 0 Å². The van der Waals surface area contributed by atoms with Gasteiger partial charge in [-0.2, -0.15) is 0 Å². The number of nitrogens with zero attached hydrogens (tertiary/aromatic N) is 4. The van der Waals surface area contributed by atoms with Crippen LogP contribution in [0.15, 0.2) is 101 Å². The molecule has 7 rings (SSSR count). The van der Waals surface area contributed by atoms with Crippen LogP contribution in [0.3, 0.4) is 0 Å².